The number of benzene rings is 2. The Morgan fingerprint density at radius 2 is 1.62 bits per heavy atom. The number of nitrogens with zero attached hydrogens (tertiary/aromatic N) is 3. The molecular formula is C23H26N4O2. The highest BCUT2D eigenvalue weighted by Crippen LogP contribution is 2.14. The lowest BCUT2D eigenvalue weighted by Crippen LogP contribution is -2.45. The molecule has 6 heteroatoms. The van der Waals surface area contributed by atoms with Crippen LogP contribution in [-0.4, -0.2) is 47.0 Å². The first-order chi connectivity index (χ1) is 14.2. The molecule has 0 radical (unpaired) electrons. The molecule has 1 aliphatic heterocycles. The van der Waals surface area contributed by atoms with E-state index in [4.69, 9.17) is 4.52 Å². The van der Waals surface area contributed by atoms with E-state index in [2.05, 4.69) is 20.3 Å². The number of hydrogen-bond donors (Lipinski definition) is 1. The van der Waals surface area contributed by atoms with Crippen molar-refractivity contribution in [2.24, 2.45) is 0 Å². The number of rotatable bonds is 6. The lowest BCUT2D eigenvalue weighted by atomic mass is 10.1. The molecule has 0 saturated carbocycles. The first-order valence-corrected chi connectivity index (χ1v) is 9.98. The minimum Gasteiger partial charge on any atom is -0.361 e. The molecule has 0 spiro atoms. The predicted molar refractivity (Wildman–Crippen MR) is 113 cm³/mol. The van der Waals surface area contributed by atoms with Gasteiger partial charge in [0, 0.05) is 56.6 Å². The van der Waals surface area contributed by atoms with Crippen LogP contribution in [0.25, 0.3) is 0 Å². The van der Waals surface area contributed by atoms with Gasteiger partial charge in [0.1, 0.15) is 5.76 Å². The Kier molecular flexibility index (Phi) is 6.03. The van der Waals surface area contributed by atoms with Crippen molar-refractivity contribution >= 4 is 11.6 Å². The van der Waals surface area contributed by atoms with Crippen molar-refractivity contribution in [2.45, 2.75) is 20.0 Å². The van der Waals surface area contributed by atoms with Gasteiger partial charge < -0.3 is 9.84 Å². The minimum absolute atomic E-state index is 0.0838. The molecule has 0 atom stereocenters. The second kappa shape index (κ2) is 9.03. The predicted octanol–water partition coefficient (Wildman–Crippen LogP) is 3.55. The van der Waals surface area contributed by atoms with E-state index in [0.29, 0.717) is 5.56 Å². The summed E-state index contributed by atoms with van der Waals surface area (Å²) in [6.07, 6.45) is 0. The first kappa shape index (κ1) is 19.4. The quantitative estimate of drug-likeness (QED) is 0.697. The largest absolute Gasteiger partial charge is 0.361 e. The topological polar surface area (TPSA) is 61.6 Å². The molecule has 0 bridgehead atoms. The molecular weight excluding hydrogens is 364 g/mol. The zero-order chi connectivity index (χ0) is 20.1. The number of carbonyl (C=O) groups excluding carboxylic acids is 1. The van der Waals surface area contributed by atoms with Gasteiger partial charge in [-0.2, -0.15) is 0 Å². The van der Waals surface area contributed by atoms with E-state index in [9.17, 15) is 4.79 Å². The van der Waals surface area contributed by atoms with Crippen molar-refractivity contribution in [1.82, 2.24) is 15.0 Å². The van der Waals surface area contributed by atoms with Crippen molar-refractivity contribution in [1.29, 1.82) is 0 Å². The average molecular weight is 390 g/mol. The Bertz CT molecular complexity index is 929. The van der Waals surface area contributed by atoms with E-state index in [1.165, 1.54) is 5.56 Å². The molecule has 1 aliphatic rings. The highest BCUT2D eigenvalue weighted by Gasteiger charge is 2.18. The normalized spacial score (nSPS) is 15.3. The number of anilines is 1. The highest BCUT2D eigenvalue weighted by molar-refractivity contribution is 6.04. The first-order valence-electron chi connectivity index (χ1n) is 9.98. The Morgan fingerprint density at radius 3 is 2.24 bits per heavy atom. The lowest BCUT2D eigenvalue weighted by molar-refractivity contribution is 0.102. The van der Waals surface area contributed by atoms with Crippen LogP contribution in [0.1, 0.15) is 27.4 Å². The Morgan fingerprint density at radius 1 is 0.966 bits per heavy atom. The monoisotopic (exact) mass is 390 g/mol. The molecule has 150 valence electrons. The molecule has 3 aromatic rings. The van der Waals surface area contributed by atoms with Crippen molar-refractivity contribution < 1.29 is 9.32 Å². The van der Waals surface area contributed by atoms with Gasteiger partial charge in [-0.25, -0.2) is 0 Å². The van der Waals surface area contributed by atoms with E-state index < -0.39 is 0 Å². The number of carbonyl (C=O) groups is 1. The van der Waals surface area contributed by atoms with Gasteiger partial charge in [0.15, 0.2) is 0 Å². The van der Waals surface area contributed by atoms with Gasteiger partial charge in [0.2, 0.25) is 0 Å². The number of aromatic nitrogens is 1. The summed E-state index contributed by atoms with van der Waals surface area (Å²) in [7, 11) is 0. The molecule has 1 amide bonds. The van der Waals surface area contributed by atoms with Gasteiger partial charge in [-0.1, -0.05) is 35.5 Å². The Labute approximate surface area is 171 Å². The molecule has 0 aliphatic carbocycles. The zero-order valence-corrected chi connectivity index (χ0v) is 16.7. The molecule has 0 unspecified atom stereocenters. The van der Waals surface area contributed by atoms with Crippen molar-refractivity contribution in [2.75, 3.05) is 31.5 Å². The summed E-state index contributed by atoms with van der Waals surface area (Å²) in [6, 6.07) is 19.4. The maximum atomic E-state index is 12.4. The number of para-hydroxylation sites is 1. The summed E-state index contributed by atoms with van der Waals surface area (Å²) >= 11 is 0. The summed E-state index contributed by atoms with van der Waals surface area (Å²) in [5, 5.41) is 7.00. The molecule has 4 rings (SSSR count). The smallest absolute Gasteiger partial charge is 0.255 e. The van der Waals surface area contributed by atoms with Crippen LogP contribution in [0, 0.1) is 6.92 Å². The van der Waals surface area contributed by atoms with Gasteiger partial charge in [-0.3, -0.25) is 14.6 Å². The Hall–Kier alpha value is -2.96. The van der Waals surface area contributed by atoms with Crippen molar-refractivity contribution in [3.8, 4) is 0 Å². The van der Waals surface area contributed by atoms with Crippen LogP contribution in [0.5, 0.6) is 0 Å². The summed E-state index contributed by atoms with van der Waals surface area (Å²) in [4.78, 5) is 17.2. The van der Waals surface area contributed by atoms with E-state index >= 15 is 0 Å². The van der Waals surface area contributed by atoms with Crippen LogP contribution in [0.3, 0.4) is 0 Å². The molecule has 2 aromatic carbocycles. The van der Waals surface area contributed by atoms with Crippen LogP contribution in [0.4, 0.5) is 5.69 Å². The molecule has 1 fully saturated rings. The van der Waals surface area contributed by atoms with E-state index in [0.717, 1.165) is 56.4 Å². The molecule has 1 N–H and O–H groups in total. The number of nitrogens with one attached hydrogen (secondary N) is 1. The van der Waals surface area contributed by atoms with Crippen molar-refractivity contribution in [3.63, 3.8) is 0 Å². The van der Waals surface area contributed by atoms with E-state index in [-0.39, 0.29) is 5.91 Å². The third-order valence-electron chi connectivity index (χ3n) is 5.18. The fourth-order valence-electron chi connectivity index (χ4n) is 3.57. The lowest BCUT2D eigenvalue weighted by Gasteiger charge is -2.34. The van der Waals surface area contributed by atoms with E-state index in [1.54, 1.807) is 0 Å². The standard InChI is InChI=1S/C23H26N4O2/c1-18-15-22(25-29-18)17-27-13-11-26(12-14-27)16-19-7-9-20(10-8-19)23(28)24-21-5-3-2-4-6-21/h2-10,15H,11-14,16-17H2,1H3,(H,24,28). The maximum Gasteiger partial charge on any atom is 0.255 e. The second-order valence-electron chi connectivity index (χ2n) is 7.50. The van der Waals surface area contributed by atoms with Gasteiger partial charge in [-0.05, 0) is 36.8 Å². The summed E-state index contributed by atoms with van der Waals surface area (Å²) in [5.74, 6) is 0.777. The van der Waals surface area contributed by atoms with Crippen LogP contribution in [0.15, 0.2) is 65.2 Å². The third-order valence-corrected chi connectivity index (χ3v) is 5.18. The SMILES string of the molecule is Cc1cc(CN2CCN(Cc3ccc(C(=O)Nc4ccccc4)cc3)CC2)no1. The van der Waals surface area contributed by atoms with Crippen LogP contribution < -0.4 is 5.32 Å². The highest BCUT2D eigenvalue weighted by atomic mass is 16.5. The molecule has 1 aromatic heterocycles. The maximum absolute atomic E-state index is 12.4. The van der Waals surface area contributed by atoms with Crippen LogP contribution in [-0.2, 0) is 13.1 Å². The molecule has 1 saturated heterocycles. The Balaban J connectivity index is 1.25. The van der Waals surface area contributed by atoms with Gasteiger partial charge in [-0.15, -0.1) is 0 Å². The van der Waals surface area contributed by atoms with Crippen LogP contribution >= 0.6 is 0 Å². The summed E-state index contributed by atoms with van der Waals surface area (Å²) < 4.78 is 5.15. The fraction of sp³-hybridized carbons (Fsp3) is 0.304. The molecule has 6 nitrogen and oxygen atoms in total. The second-order valence-corrected chi connectivity index (χ2v) is 7.50. The third kappa shape index (κ3) is 5.31. The number of aryl methyl sites for hydroxylation is 1. The zero-order valence-electron chi connectivity index (χ0n) is 16.7. The van der Waals surface area contributed by atoms with Crippen LogP contribution in [0.2, 0.25) is 0 Å². The van der Waals surface area contributed by atoms with E-state index in [1.807, 2.05) is 67.6 Å². The summed E-state index contributed by atoms with van der Waals surface area (Å²) in [5.41, 5.74) is 3.70. The fourth-order valence-corrected chi connectivity index (χ4v) is 3.57. The van der Waals surface area contributed by atoms with Crippen molar-refractivity contribution in [3.05, 3.63) is 83.2 Å². The van der Waals surface area contributed by atoms with Gasteiger partial charge in [0.25, 0.3) is 5.91 Å². The average Bonchev–Trinajstić information content (AvgIpc) is 3.15. The van der Waals surface area contributed by atoms with Gasteiger partial charge in [0.05, 0.1) is 5.69 Å². The van der Waals surface area contributed by atoms with Gasteiger partial charge >= 0.3 is 0 Å². The number of piperazine rings is 1. The molecule has 29 heavy (non-hydrogen) atoms. The minimum atomic E-state index is -0.0838. The summed E-state index contributed by atoms with van der Waals surface area (Å²) in [6.45, 7) is 7.74. The number of amides is 1. The molecule has 2 heterocycles. The number of hydrogen-bond acceptors (Lipinski definition) is 5.